The van der Waals surface area contributed by atoms with E-state index in [0.29, 0.717) is 11.4 Å². The van der Waals surface area contributed by atoms with Crippen LogP contribution in [0.5, 0.6) is 0 Å². The molecule has 0 aliphatic heterocycles. The van der Waals surface area contributed by atoms with Crippen LogP contribution in [0.2, 0.25) is 0 Å². The average Bonchev–Trinajstić information content (AvgIpc) is 2.90. The first-order chi connectivity index (χ1) is 9.70. The lowest BCUT2D eigenvalue weighted by molar-refractivity contribution is 0.0601. The second kappa shape index (κ2) is 4.61. The minimum atomic E-state index is -0.390. The van der Waals surface area contributed by atoms with Gasteiger partial charge in [-0.3, -0.25) is 0 Å². The van der Waals surface area contributed by atoms with E-state index in [1.165, 1.54) is 13.3 Å². The molecule has 7 heteroatoms. The van der Waals surface area contributed by atoms with Gasteiger partial charge in [0.1, 0.15) is 0 Å². The molecule has 2 N–H and O–H groups in total. The standard InChI is InChI=1S/C13H11N5O2/c1-20-13(19)8-2-3-10-9(6-8)7-17-18(10)12-11(14)15-4-5-16-12/h2-7H,1H3,(H2,14,15). The molecular formula is C13H11N5O2. The normalized spacial score (nSPS) is 10.7. The topological polar surface area (TPSA) is 95.9 Å². The zero-order valence-corrected chi connectivity index (χ0v) is 10.6. The Balaban J connectivity index is 2.16. The number of rotatable bonds is 2. The van der Waals surface area contributed by atoms with Gasteiger partial charge in [0.25, 0.3) is 0 Å². The Kier molecular flexibility index (Phi) is 2.79. The number of hydrogen-bond acceptors (Lipinski definition) is 6. The fourth-order valence-corrected chi connectivity index (χ4v) is 1.95. The van der Waals surface area contributed by atoms with Crippen molar-refractivity contribution in [3.8, 4) is 5.82 Å². The van der Waals surface area contributed by atoms with Crippen molar-refractivity contribution in [2.24, 2.45) is 0 Å². The maximum atomic E-state index is 11.5. The minimum Gasteiger partial charge on any atom is -0.465 e. The molecule has 0 amide bonds. The largest absolute Gasteiger partial charge is 0.465 e. The van der Waals surface area contributed by atoms with E-state index in [4.69, 9.17) is 5.73 Å². The Morgan fingerprint density at radius 3 is 2.85 bits per heavy atom. The minimum absolute atomic E-state index is 0.287. The van der Waals surface area contributed by atoms with Crippen molar-refractivity contribution in [2.75, 3.05) is 12.8 Å². The highest BCUT2D eigenvalue weighted by Gasteiger charge is 2.12. The number of esters is 1. The lowest BCUT2D eigenvalue weighted by Gasteiger charge is -2.05. The number of carbonyl (C=O) groups is 1. The molecule has 0 atom stereocenters. The number of hydrogen-bond donors (Lipinski definition) is 1. The van der Waals surface area contributed by atoms with E-state index < -0.39 is 5.97 Å². The Morgan fingerprint density at radius 2 is 2.10 bits per heavy atom. The smallest absolute Gasteiger partial charge is 0.337 e. The summed E-state index contributed by atoms with van der Waals surface area (Å²) in [5, 5.41) is 5.02. The van der Waals surface area contributed by atoms with Crippen LogP contribution in [0.25, 0.3) is 16.7 Å². The van der Waals surface area contributed by atoms with Gasteiger partial charge < -0.3 is 10.5 Å². The molecule has 100 valence electrons. The number of nitrogen functional groups attached to an aromatic ring is 1. The van der Waals surface area contributed by atoms with Crippen molar-refractivity contribution < 1.29 is 9.53 Å². The molecule has 7 nitrogen and oxygen atoms in total. The maximum Gasteiger partial charge on any atom is 0.337 e. The first kappa shape index (κ1) is 12.1. The van der Waals surface area contributed by atoms with E-state index in [0.717, 1.165) is 10.9 Å². The zero-order valence-electron chi connectivity index (χ0n) is 10.6. The van der Waals surface area contributed by atoms with E-state index in [1.807, 2.05) is 0 Å². The van der Waals surface area contributed by atoms with Gasteiger partial charge in [-0.05, 0) is 18.2 Å². The van der Waals surface area contributed by atoms with Crippen molar-refractivity contribution in [1.82, 2.24) is 19.7 Å². The molecule has 0 spiro atoms. The van der Waals surface area contributed by atoms with Gasteiger partial charge in [-0.25, -0.2) is 19.4 Å². The number of nitrogens with zero attached hydrogens (tertiary/aromatic N) is 4. The third-order valence-electron chi connectivity index (χ3n) is 2.90. The molecule has 0 fully saturated rings. The first-order valence-electron chi connectivity index (χ1n) is 5.83. The molecule has 0 aliphatic rings. The Labute approximate surface area is 114 Å². The molecule has 3 aromatic rings. The van der Waals surface area contributed by atoms with Gasteiger partial charge >= 0.3 is 5.97 Å². The number of nitrogens with two attached hydrogens (primary N) is 1. The summed E-state index contributed by atoms with van der Waals surface area (Å²) in [4.78, 5) is 19.6. The van der Waals surface area contributed by atoms with E-state index in [-0.39, 0.29) is 5.82 Å². The van der Waals surface area contributed by atoms with Crippen LogP contribution in [0.1, 0.15) is 10.4 Å². The molecule has 0 saturated heterocycles. The molecule has 0 bridgehead atoms. The molecule has 2 aromatic heterocycles. The van der Waals surface area contributed by atoms with Gasteiger partial charge in [0, 0.05) is 17.8 Å². The Morgan fingerprint density at radius 1 is 1.30 bits per heavy atom. The van der Waals surface area contributed by atoms with E-state index >= 15 is 0 Å². The lowest BCUT2D eigenvalue weighted by Crippen LogP contribution is -2.05. The van der Waals surface area contributed by atoms with Crippen molar-refractivity contribution in [1.29, 1.82) is 0 Å². The van der Waals surface area contributed by atoms with Gasteiger partial charge in [-0.1, -0.05) is 0 Å². The fourth-order valence-electron chi connectivity index (χ4n) is 1.95. The SMILES string of the molecule is COC(=O)c1ccc2c(cnn2-c2nccnc2N)c1. The average molecular weight is 269 g/mol. The Hall–Kier alpha value is -2.96. The molecule has 0 radical (unpaired) electrons. The monoisotopic (exact) mass is 269 g/mol. The van der Waals surface area contributed by atoms with Crippen molar-refractivity contribution in [2.45, 2.75) is 0 Å². The van der Waals surface area contributed by atoms with E-state index in [2.05, 4.69) is 19.8 Å². The highest BCUT2D eigenvalue weighted by atomic mass is 16.5. The van der Waals surface area contributed by atoms with Crippen LogP contribution in [0, 0.1) is 0 Å². The van der Waals surface area contributed by atoms with Crippen molar-refractivity contribution in [3.05, 3.63) is 42.4 Å². The molecule has 2 heterocycles. The zero-order chi connectivity index (χ0) is 14.1. The number of carbonyl (C=O) groups excluding carboxylic acids is 1. The predicted octanol–water partition coefficient (Wildman–Crippen LogP) is 1.18. The summed E-state index contributed by atoms with van der Waals surface area (Å²) >= 11 is 0. The van der Waals surface area contributed by atoms with Crippen LogP contribution in [0.15, 0.2) is 36.8 Å². The summed E-state index contributed by atoms with van der Waals surface area (Å²) < 4.78 is 6.27. The molecule has 20 heavy (non-hydrogen) atoms. The summed E-state index contributed by atoms with van der Waals surface area (Å²) in [5.41, 5.74) is 7.04. The van der Waals surface area contributed by atoms with Crippen LogP contribution >= 0.6 is 0 Å². The summed E-state index contributed by atoms with van der Waals surface area (Å²) in [7, 11) is 1.34. The van der Waals surface area contributed by atoms with Gasteiger partial charge in [0.05, 0.1) is 24.4 Å². The van der Waals surface area contributed by atoms with Gasteiger partial charge in [0.2, 0.25) is 0 Å². The number of ether oxygens (including phenoxy) is 1. The third-order valence-corrected chi connectivity index (χ3v) is 2.90. The summed E-state index contributed by atoms with van der Waals surface area (Å²) in [6.45, 7) is 0. The maximum absolute atomic E-state index is 11.5. The molecular weight excluding hydrogens is 258 g/mol. The molecule has 0 unspecified atom stereocenters. The molecule has 1 aromatic carbocycles. The number of aromatic nitrogens is 4. The number of benzene rings is 1. The molecule has 0 saturated carbocycles. The number of fused-ring (bicyclic) bond motifs is 1. The summed E-state index contributed by atoms with van der Waals surface area (Å²) in [6.07, 6.45) is 4.69. The quantitative estimate of drug-likeness (QED) is 0.702. The van der Waals surface area contributed by atoms with Crippen LogP contribution in [0.3, 0.4) is 0 Å². The van der Waals surface area contributed by atoms with Crippen LogP contribution in [0.4, 0.5) is 5.82 Å². The van der Waals surface area contributed by atoms with Gasteiger partial charge in [0.15, 0.2) is 11.6 Å². The molecule has 3 rings (SSSR count). The predicted molar refractivity (Wildman–Crippen MR) is 72.4 cm³/mol. The molecule has 0 aliphatic carbocycles. The van der Waals surface area contributed by atoms with Crippen molar-refractivity contribution in [3.63, 3.8) is 0 Å². The van der Waals surface area contributed by atoms with Gasteiger partial charge in [-0.2, -0.15) is 5.10 Å². The highest BCUT2D eigenvalue weighted by Crippen LogP contribution is 2.20. The van der Waals surface area contributed by atoms with E-state index in [1.54, 1.807) is 35.3 Å². The Bertz CT molecular complexity index is 796. The van der Waals surface area contributed by atoms with Crippen molar-refractivity contribution >= 4 is 22.7 Å². The second-order valence-electron chi connectivity index (χ2n) is 4.09. The summed E-state index contributed by atoms with van der Waals surface area (Å²) in [6, 6.07) is 5.14. The number of methoxy groups -OCH3 is 1. The highest BCUT2D eigenvalue weighted by molar-refractivity contribution is 5.94. The van der Waals surface area contributed by atoms with Crippen LogP contribution < -0.4 is 5.73 Å². The van der Waals surface area contributed by atoms with E-state index in [9.17, 15) is 4.79 Å². The van der Waals surface area contributed by atoms with Crippen LogP contribution in [-0.2, 0) is 4.74 Å². The third kappa shape index (κ3) is 1.85. The van der Waals surface area contributed by atoms with Crippen LogP contribution in [-0.4, -0.2) is 32.8 Å². The summed E-state index contributed by atoms with van der Waals surface area (Å²) in [5.74, 6) is 0.349. The second-order valence-corrected chi connectivity index (χ2v) is 4.09. The lowest BCUT2D eigenvalue weighted by atomic mass is 10.1. The van der Waals surface area contributed by atoms with Gasteiger partial charge in [-0.15, -0.1) is 0 Å². The first-order valence-corrected chi connectivity index (χ1v) is 5.83. The fraction of sp³-hybridized carbons (Fsp3) is 0.0769. The number of anilines is 1.